The standard InChI is InChI=1S/C18H36N4O3.HI/c1-6-19-17(20-10-9-16(15(4)5)24-7-2)21-11-13-22(14-12-21)18(23)25-8-3;/h15-16H,6-14H2,1-5H3,(H,19,20);1H. The molecular formula is C18H37IN4O3. The van der Waals surface area contributed by atoms with E-state index in [0.717, 1.165) is 45.2 Å². The Morgan fingerprint density at radius 3 is 2.19 bits per heavy atom. The second-order valence-electron chi connectivity index (χ2n) is 6.44. The highest BCUT2D eigenvalue weighted by molar-refractivity contribution is 14.0. The second kappa shape index (κ2) is 14.3. The molecule has 0 bridgehead atoms. The zero-order valence-electron chi connectivity index (χ0n) is 17.0. The Morgan fingerprint density at radius 2 is 1.69 bits per heavy atom. The lowest BCUT2D eigenvalue weighted by molar-refractivity contribution is 0.0266. The van der Waals surface area contributed by atoms with Crippen molar-refractivity contribution >= 4 is 36.0 Å². The van der Waals surface area contributed by atoms with Crippen LogP contribution in [0.5, 0.6) is 0 Å². The molecule has 0 radical (unpaired) electrons. The largest absolute Gasteiger partial charge is 0.450 e. The maximum Gasteiger partial charge on any atom is 0.409 e. The number of halogens is 1. The fourth-order valence-corrected chi connectivity index (χ4v) is 2.86. The van der Waals surface area contributed by atoms with E-state index in [1.807, 2.05) is 13.8 Å². The quantitative estimate of drug-likeness (QED) is 0.326. The number of ether oxygens (including phenoxy) is 2. The van der Waals surface area contributed by atoms with E-state index in [-0.39, 0.29) is 36.2 Å². The predicted molar refractivity (Wildman–Crippen MR) is 116 cm³/mol. The van der Waals surface area contributed by atoms with E-state index >= 15 is 0 Å². The van der Waals surface area contributed by atoms with Gasteiger partial charge in [-0.05, 0) is 33.1 Å². The Balaban J connectivity index is 0.00000625. The molecule has 0 aromatic heterocycles. The van der Waals surface area contributed by atoms with Crippen LogP contribution >= 0.6 is 24.0 Å². The third-order valence-corrected chi connectivity index (χ3v) is 4.24. The summed E-state index contributed by atoms with van der Waals surface area (Å²) in [6, 6.07) is 0. The molecule has 1 amide bonds. The van der Waals surface area contributed by atoms with Crippen molar-refractivity contribution < 1.29 is 14.3 Å². The molecule has 7 nitrogen and oxygen atoms in total. The summed E-state index contributed by atoms with van der Waals surface area (Å²) in [5.74, 6) is 1.41. The fraction of sp³-hybridized carbons (Fsp3) is 0.889. The van der Waals surface area contributed by atoms with E-state index in [2.05, 4.69) is 31.0 Å². The Labute approximate surface area is 175 Å². The van der Waals surface area contributed by atoms with E-state index in [1.54, 1.807) is 4.90 Å². The summed E-state index contributed by atoms with van der Waals surface area (Å²) in [5.41, 5.74) is 0. The molecule has 0 saturated carbocycles. The molecule has 0 aromatic carbocycles. The molecule has 26 heavy (non-hydrogen) atoms. The summed E-state index contributed by atoms with van der Waals surface area (Å²) < 4.78 is 10.9. The van der Waals surface area contributed by atoms with Crippen LogP contribution in [0.3, 0.4) is 0 Å². The van der Waals surface area contributed by atoms with Crippen LogP contribution in [0.15, 0.2) is 4.99 Å². The van der Waals surface area contributed by atoms with Gasteiger partial charge in [0.2, 0.25) is 0 Å². The van der Waals surface area contributed by atoms with Crippen molar-refractivity contribution in [2.45, 2.75) is 47.1 Å². The van der Waals surface area contributed by atoms with Crippen molar-refractivity contribution in [1.82, 2.24) is 15.1 Å². The van der Waals surface area contributed by atoms with Crippen LogP contribution in [0.4, 0.5) is 4.79 Å². The van der Waals surface area contributed by atoms with Crippen LogP contribution in [0, 0.1) is 5.92 Å². The van der Waals surface area contributed by atoms with Crippen molar-refractivity contribution in [2.75, 3.05) is 52.5 Å². The number of nitrogens with one attached hydrogen (secondary N) is 1. The lowest BCUT2D eigenvalue weighted by Gasteiger charge is -2.36. The van der Waals surface area contributed by atoms with Gasteiger partial charge >= 0.3 is 6.09 Å². The zero-order valence-corrected chi connectivity index (χ0v) is 19.3. The SMILES string of the molecule is CCNC(=NCCC(OCC)C(C)C)N1CCN(C(=O)OCC)CC1.I. The maximum atomic E-state index is 11.8. The van der Waals surface area contributed by atoms with Crippen LogP contribution in [-0.4, -0.2) is 80.4 Å². The van der Waals surface area contributed by atoms with E-state index < -0.39 is 0 Å². The molecule has 0 spiro atoms. The van der Waals surface area contributed by atoms with Crippen LogP contribution in [0.1, 0.15) is 41.0 Å². The van der Waals surface area contributed by atoms with E-state index in [9.17, 15) is 4.79 Å². The molecule has 1 heterocycles. The minimum Gasteiger partial charge on any atom is -0.450 e. The summed E-state index contributed by atoms with van der Waals surface area (Å²) in [6.45, 7) is 15.9. The number of nitrogens with zero attached hydrogens (tertiary/aromatic N) is 3. The average molecular weight is 484 g/mol. The average Bonchev–Trinajstić information content (AvgIpc) is 2.60. The number of hydrogen-bond acceptors (Lipinski definition) is 4. The highest BCUT2D eigenvalue weighted by Gasteiger charge is 2.23. The summed E-state index contributed by atoms with van der Waals surface area (Å²) >= 11 is 0. The highest BCUT2D eigenvalue weighted by Crippen LogP contribution is 2.11. The van der Waals surface area contributed by atoms with Gasteiger partial charge in [-0.15, -0.1) is 24.0 Å². The maximum absolute atomic E-state index is 11.8. The molecule has 1 atom stereocenters. The molecule has 1 aliphatic heterocycles. The van der Waals surface area contributed by atoms with Gasteiger partial charge in [0.15, 0.2) is 5.96 Å². The number of carbonyl (C=O) groups is 1. The number of aliphatic imine (C=N–C) groups is 1. The lowest BCUT2D eigenvalue weighted by atomic mass is 10.0. The Bertz CT molecular complexity index is 413. The van der Waals surface area contributed by atoms with Gasteiger partial charge in [-0.3, -0.25) is 4.99 Å². The molecule has 1 aliphatic rings. The first kappa shape index (κ1) is 25.2. The molecule has 0 aromatic rings. The van der Waals surface area contributed by atoms with Crippen molar-refractivity contribution in [1.29, 1.82) is 0 Å². The van der Waals surface area contributed by atoms with Crippen molar-refractivity contribution in [3.8, 4) is 0 Å². The van der Waals surface area contributed by atoms with Crippen molar-refractivity contribution in [2.24, 2.45) is 10.9 Å². The van der Waals surface area contributed by atoms with Gasteiger partial charge in [0.1, 0.15) is 0 Å². The zero-order chi connectivity index (χ0) is 18.7. The summed E-state index contributed by atoms with van der Waals surface area (Å²) in [7, 11) is 0. The van der Waals surface area contributed by atoms with Crippen LogP contribution < -0.4 is 5.32 Å². The third-order valence-electron chi connectivity index (χ3n) is 4.24. The number of piperazine rings is 1. The monoisotopic (exact) mass is 484 g/mol. The molecule has 1 saturated heterocycles. The van der Waals surface area contributed by atoms with Gasteiger partial charge in [-0.25, -0.2) is 4.79 Å². The second-order valence-corrected chi connectivity index (χ2v) is 6.44. The molecular weight excluding hydrogens is 447 g/mol. The molecule has 0 aliphatic carbocycles. The van der Waals surface area contributed by atoms with Gasteiger partial charge in [-0.2, -0.15) is 0 Å². The van der Waals surface area contributed by atoms with E-state index in [1.165, 1.54) is 0 Å². The van der Waals surface area contributed by atoms with E-state index in [4.69, 9.17) is 14.5 Å². The normalized spacial score (nSPS) is 16.3. The number of guanidine groups is 1. The molecule has 1 N–H and O–H groups in total. The Hall–Kier alpha value is -0.770. The van der Waals surface area contributed by atoms with Crippen LogP contribution in [0.2, 0.25) is 0 Å². The van der Waals surface area contributed by atoms with Crippen LogP contribution in [-0.2, 0) is 9.47 Å². The Morgan fingerprint density at radius 1 is 1.08 bits per heavy atom. The Kier molecular flexibility index (Phi) is 13.9. The smallest absolute Gasteiger partial charge is 0.409 e. The molecule has 1 fully saturated rings. The molecule has 1 rings (SSSR count). The number of amides is 1. The number of hydrogen-bond donors (Lipinski definition) is 1. The van der Waals surface area contributed by atoms with Crippen molar-refractivity contribution in [3.05, 3.63) is 0 Å². The summed E-state index contributed by atoms with van der Waals surface area (Å²) in [5, 5.41) is 3.36. The van der Waals surface area contributed by atoms with Crippen LogP contribution in [0.25, 0.3) is 0 Å². The minimum atomic E-state index is -0.222. The lowest BCUT2D eigenvalue weighted by Crippen LogP contribution is -2.54. The van der Waals surface area contributed by atoms with Gasteiger partial charge in [0.25, 0.3) is 0 Å². The van der Waals surface area contributed by atoms with Gasteiger partial charge < -0.3 is 24.6 Å². The molecule has 8 heteroatoms. The number of carbonyl (C=O) groups excluding carboxylic acids is 1. The van der Waals surface area contributed by atoms with Gasteiger partial charge in [-0.1, -0.05) is 13.8 Å². The van der Waals surface area contributed by atoms with Crippen molar-refractivity contribution in [3.63, 3.8) is 0 Å². The van der Waals surface area contributed by atoms with E-state index in [0.29, 0.717) is 25.6 Å². The highest BCUT2D eigenvalue weighted by atomic mass is 127. The summed E-state index contributed by atoms with van der Waals surface area (Å²) in [4.78, 5) is 20.5. The predicted octanol–water partition coefficient (Wildman–Crippen LogP) is 2.80. The first-order valence-electron chi connectivity index (χ1n) is 9.59. The summed E-state index contributed by atoms with van der Waals surface area (Å²) in [6.07, 6.45) is 0.946. The number of rotatable bonds is 8. The van der Waals surface area contributed by atoms with Gasteiger partial charge in [0, 0.05) is 45.9 Å². The first-order valence-corrected chi connectivity index (χ1v) is 9.59. The first-order chi connectivity index (χ1) is 12.0. The van der Waals surface area contributed by atoms with Gasteiger partial charge in [0.05, 0.1) is 12.7 Å². The minimum absolute atomic E-state index is 0. The topological polar surface area (TPSA) is 66.4 Å². The molecule has 154 valence electrons. The fourth-order valence-electron chi connectivity index (χ4n) is 2.86. The third kappa shape index (κ3) is 8.75. The molecule has 1 unspecified atom stereocenters.